The van der Waals surface area contributed by atoms with Crippen molar-refractivity contribution in [3.05, 3.63) is 18.0 Å². The van der Waals surface area contributed by atoms with Gasteiger partial charge in [-0.2, -0.15) is 5.10 Å². The van der Waals surface area contributed by atoms with E-state index in [-0.39, 0.29) is 0 Å². The van der Waals surface area contributed by atoms with Gasteiger partial charge in [0.1, 0.15) is 0 Å². The third kappa shape index (κ3) is 4.76. The number of rotatable bonds is 5. The van der Waals surface area contributed by atoms with E-state index in [2.05, 4.69) is 45.3 Å². The molecule has 3 unspecified atom stereocenters. The van der Waals surface area contributed by atoms with Crippen LogP contribution in [0.1, 0.15) is 25.8 Å². The molecule has 3 heterocycles. The molecule has 1 aromatic rings. The summed E-state index contributed by atoms with van der Waals surface area (Å²) in [7, 11) is 3.87. The smallest absolute Gasteiger partial charge is 0.193 e. The summed E-state index contributed by atoms with van der Waals surface area (Å²) >= 11 is 0. The molecule has 2 aliphatic heterocycles. The standard InChI is InChI=1S/C19H34N6O/c1-15(25-7-8-26-14-16(25)2)10-21-19(20-3)24-6-5-17(13-24)9-18-11-22-23(4)12-18/h11-12,15-17H,5-10,13-14H2,1-4H3,(H,20,21). The lowest BCUT2D eigenvalue weighted by molar-refractivity contribution is -0.0174. The molecule has 26 heavy (non-hydrogen) atoms. The van der Waals surface area contributed by atoms with Crippen LogP contribution in [0.3, 0.4) is 0 Å². The summed E-state index contributed by atoms with van der Waals surface area (Å²) in [4.78, 5) is 9.45. The van der Waals surface area contributed by atoms with E-state index in [4.69, 9.17) is 4.74 Å². The maximum Gasteiger partial charge on any atom is 0.193 e. The van der Waals surface area contributed by atoms with Crippen LogP contribution >= 0.6 is 0 Å². The minimum absolute atomic E-state index is 0.472. The highest BCUT2D eigenvalue weighted by atomic mass is 16.5. The van der Waals surface area contributed by atoms with Gasteiger partial charge in [-0.1, -0.05) is 0 Å². The summed E-state index contributed by atoms with van der Waals surface area (Å²) in [5, 5.41) is 7.88. The highest BCUT2D eigenvalue weighted by Gasteiger charge is 2.27. The monoisotopic (exact) mass is 362 g/mol. The lowest BCUT2D eigenvalue weighted by Gasteiger charge is -2.38. The Morgan fingerprint density at radius 1 is 1.46 bits per heavy atom. The second-order valence-electron chi connectivity index (χ2n) is 7.77. The number of morpholine rings is 1. The number of aliphatic imine (C=N–C) groups is 1. The van der Waals surface area contributed by atoms with Gasteiger partial charge in [-0.3, -0.25) is 14.6 Å². The van der Waals surface area contributed by atoms with E-state index in [1.54, 1.807) is 0 Å². The second-order valence-corrected chi connectivity index (χ2v) is 7.77. The van der Waals surface area contributed by atoms with E-state index in [9.17, 15) is 0 Å². The molecule has 0 radical (unpaired) electrons. The quantitative estimate of drug-likeness (QED) is 0.625. The van der Waals surface area contributed by atoms with Crippen molar-refractivity contribution < 1.29 is 4.74 Å². The van der Waals surface area contributed by atoms with Crippen LogP contribution in [0.2, 0.25) is 0 Å². The van der Waals surface area contributed by atoms with Crippen molar-refractivity contribution in [3.8, 4) is 0 Å². The first-order valence-electron chi connectivity index (χ1n) is 9.83. The van der Waals surface area contributed by atoms with Crippen molar-refractivity contribution in [2.45, 2.75) is 38.8 Å². The molecule has 2 saturated heterocycles. The van der Waals surface area contributed by atoms with Crippen molar-refractivity contribution in [1.29, 1.82) is 0 Å². The van der Waals surface area contributed by atoms with Crippen LogP contribution in [0, 0.1) is 5.92 Å². The summed E-state index contributed by atoms with van der Waals surface area (Å²) in [6, 6.07) is 0.956. The Morgan fingerprint density at radius 2 is 2.31 bits per heavy atom. The molecule has 0 spiro atoms. The number of likely N-dealkylation sites (tertiary alicyclic amines) is 1. The van der Waals surface area contributed by atoms with Gasteiger partial charge < -0.3 is 15.0 Å². The van der Waals surface area contributed by atoms with Gasteiger partial charge in [-0.25, -0.2) is 0 Å². The van der Waals surface area contributed by atoms with Gasteiger partial charge in [0.15, 0.2) is 5.96 Å². The van der Waals surface area contributed by atoms with Crippen molar-refractivity contribution in [3.63, 3.8) is 0 Å². The molecule has 0 amide bonds. The molecule has 0 saturated carbocycles. The number of hydrogen-bond acceptors (Lipinski definition) is 4. The Morgan fingerprint density at radius 3 is 3.00 bits per heavy atom. The second kappa shape index (κ2) is 8.86. The van der Waals surface area contributed by atoms with Crippen LogP contribution in [-0.4, -0.2) is 84.1 Å². The van der Waals surface area contributed by atoms with E-state index in [0.29, 0.717) is 18.0 Å². The summed E-state index contributed by atoms with van der Waals surface area (Å²) in [5.41, 5.74) is 1.33. The molecule has 3 rings (SSSR count). The molecular weight excluding hydrogens is 328 g/mol. The molecule has 3 atom stereocenters. The van der Waals surface area contributed by atoms with Crippen LogP contribution < -0.4 is 5.32 Å². The van der Waals surface area contributed by atoms with Gasteiger partial charge >= 0.3 is 0 Å². The first-order valence-corrected chi connectivity index (χ1v) is 9.83. The molecular formula is C19H34N6O. The molecule has 7 heteroatoms. The number of guanidine groups is 1. The maximum atomic E-state index is 5.55. The number of ether oxygens (including phenoxy) is 1. The van der Waals surface area contributed by atoms with Gasteiger partial charge in [0.25, 0.3) is 0 Å². The van der Waals surface area contributed by atoms with Crippen molar-refractivity contribution >= 4 is 5.96 Å². The molecule has 146 valence electrons. The highest BCUT2D eigenvalue weighted by molar-refractivity contribution is 5.80. The van der Waals surface area contributed by atoms with E-state index in [1.807, 2.05) is 25.0 Å². The Labute approximate surface area is 157 Å². The lowest BCUT2D eigenvalue weighted by Crippen LogP contribution is -2.53. The summed E-state index contributed by atoms with van der Waals surface area (Å²) < 4.78 is 7.44. The molecule has 0 bridgehead atoms. The maximum absolute atomic E-state index is 5.55. The third-order valence-corrected chi connectivity index (χ3v) is 5.62. The fourth-order valence-electron chi connectivity index (χ4n) is 4.19. The Hall–Kier alpha value is -1.60. The van der Waals surface area contributed by atoms with E-state index >= 15 is 0 Å². The fourth-order valence-corrected chi connectivity index (χ4v) is 4.19. The molecule has 2 aliphatic rings. The Balaban J connectivity index is 1.47. The molecule has 1 N–H and O–H groups in total. The van der Waals surface area contributed by atoms with Crippen LogP contribution in [-0.2, 0) is 18.2 Å². The predicted molar refractivity (Wildman–Crippen MR) is 104 cm³/mol. The molecule has 7 nitrogen and oxygen atoms in total. The van der Waals surface area contributed by atoms with Crippen molar-refractivity contribution in [1.82, 2.24) is 24.9 Å². The lowest BCUT2D eigenvalue weighted by atomic mass is 10.0. The Kier molecular flexibility index (Phi) is 6.53. The number of hydrogen-bond donors (Lipinski definition) is 1. The Bertz CT molecular complexity index is 601. The first-order chi connectivity index (χ1) is 12.6. The topological polar surface area (TPSA) is 57.9 Å². The zero-order valence-electron chi connectivity index (χ0n) is 16.7. The molecule has 0 aliphatic carbocycles. The van der Waals surface area contributed by atoms with E-state index in [1.165, 1.54) is 12.0 Å². The van der Waals surface area contributed by atoms with Gasteiger partial charge in [-0.05, 0) is 38.2 Å². The van der Waals surface area contributed by atoms with Crippen LogP contribution in [0.15, 0.2) is 17.4 Å². The molecule has 0 aromatic carbocycles. The first kappa shape index (κ1) is 19.2. The minimum atomic E-state index is 0.472. The number of aryl methyl sites for hydroxylation is 1. The van der Waals surface area contributed by atoms with Gasteiger partial charge in [0, 0.05) is 58.6 Å². The predicted octanol–water partition coefficient (Wildman–Crippen LogP) is 0.969. The third-order valence-electron chi connectivity index (χ3n) is 5.62. The summed E-state index contributed by atoms with van der Waals surface area (Å²) in [6.07, 6.45) is 6.43. The summed E-state index contributed by atoms with van der Waals surface area (Å²) in [5.74, 6) is 1.71. The van der Waals surface area contributed by atoms with E-state index < -0.39 is 0 Å². The average Bonchev–Trinajstić information content (AvgIpc) is 3.25. The van der Waals surface area contributed by atoms with Crippen LogP contribution in [0.4, 0.5) is 0 Å². The zero-order valence-corrected chi connectivity index (χ0v) is 16.7. The van der Waals surface area contributed by atoms with Gasteiger partial charge in [0.2, 0.25) is 0 Å². The minimum Gasteiger partial charge on any atom is -0.379 e. The number of nitrogens with one attached hydrogen (secondary N) is 1. The SMILES string of the molecule is CN=C(NCC(C)N1CCOCC1C)N1CCC(Cc2cnn(C)c2)C1. The van der Waals surface area contributed by atoms with Crippen molar-refractivity contribution in [2.24, 2.45) is 18.0 Å². The highest BCUT2D eigenvalue weighted by Crippen LogP contribution is 2.20. The van der Waals surface area contributed by atoms with Crippen molar-refractivity contribution in [2.75, 3.05) is 46.4 Å². The van der Waals surface area contributed by atoms with Gasteiger partial charge in [-0.15, -0.1) is 0 Å². The zero-order chi connectivity index (χ0) is 18.5. The largest absolute Gasteiger partial charge is 0.379 e. The molecule has 2 fully saturated rings. The number of nitrogens with zero attached hydrogens (tertiary/aromatic N) is 5. The molecule has 1 aromatic heterocycles. The average molecular weight is 363 g/mol. The number of aromatic nitrogens is 2. The van der Waals surface area contributed by atoms with Crippen LogP contribution in [0.5, 0.6) is 0 Å². The van der Waals surface area contributed by atoms with Gasteiger partial charge in [0.05, 0.1) is 19.4 Å². The van der Waals surface area contributed by atoms with E-state index in [0.717, 1.165) is 51.8 Å². The summed E-state index contributed by atoms with van der Waals surface area (Å²) in [6.45, 7) is 10.3. The van der Waals surface area contributed by atoms with Crippen LogP contribution in [0.25, 0.3) is 0 Å². The fraction of sp³-hybridized carbons (Fsp3) is 0.789. The normalized spacial score (nSPS) is 26.3.